The molecule has 0 aliphatic heterocycles. The molecule has 1 atom stereocenters. The number of carboxylic acid groups (broad SMARTS) is 1. The fourth-order valence-corrected chi connectivity index (χ4v) is 5.04. The summed E-state index contributed by atoms with van der Waals surface area (Å²) >= 11 is 13.2. The third kappa shape index (κ3) is 9.59. The summed E-state index contributed by atoms with van der Waals surface area (Å²) in [5, 5.41) is 8.98. The third-order valence-electron chi connectivity index (χ3n) is 6.39. The topological polar surface area (TPSA) is 115 Å². The molecule has 0 aliphatic carbocycles. The first-order chi connectivity index (χ1) is 22.7. The maximum Gasteiger partial charge on any atom is 0.416 e. The lowest BCUT2D eigenvalue weighted by Gasteiger charge is -2.16. The Morgan fingerprint density at radius 3 is 2.27 bits per heavy atom. The Labute approximate surface area is 286 Å². The van der Waals surface area contributed by atoms with Gasteiger partial charge in [0.2, 0.25) is 0 Å². The number of benzene rings is 4. The van der Waals surface area contributed by atoms with Gasteiger partial charge in [0, 0.05) is 12.7 Å². The molecule has 1 N–H and O–H groups in total. The first-order valence-corrected chi connectivity index (χ1v) is 15.4. The van der Waals surface area contributed by atoms with E-state index in [-0.39, 0.29) is 39.6 Å². The standard InChI is InChI=1S/C17H11Cl2F3O5.C16H14N2O2S/c1-8(15(23)24)26-16(25)11-7-10(3-4-12(11)18)27-14-5-2-9(6-13(14)19)17(20,21)22;1-18(12-7-3-2-4-8-12)15(19)11-20-16-17-13-9-5-6-10-14(13)21-16/h2-8H,1H3,(H,23,24);2-10H,11H2,1H3/t8-;/m0./s1. The van der Waals surface area contributed by atoms with Gasteiger partial charge in [-0.25, -0.2) is 14.6 Å². The molecule has 4 aromatic carbocycles. The molecule has 1 heterocycles. The van der Waals surface area contributed by atoms with Crippen molar-refractivity contribution in [2.75, 3.05) is 18.6 Å². The first-order valence-electron chi connectivity index (χ1n) is 13.8. The van der Waals surface area contributed by atoms with E-state index in [0.717, 1.165) is 41.0 Å². The zero-order valence-corrected chi connectivity index (χ0v) is 27.4. The molecule has 1 aromatic heterocycles. The van der Waals surface area contributed by atoms with Crippen LogP contribution in [-0.4, -0.2) is 47.7 Å². The van der Waals surface area contributed by atoms with Gasteiger partial charge < -0.3 is 24.2 Å². The average Bonchev–Trinajstić information content (AvgIpc) is 3.48. The van der Waals surface area contributed by atoms with Crippen molar-refractivity contribution in [2.45, 2.75) is 19.2 Å². The van der Waals surface area contributed by atoms with Crippen LogP contribution in [-0.2, 0) is 20.5 Å². The SMILES string of the molecule is CN(C(=O)COc1nc2ccccc2s1)c1ccccc1.C[C@H](OC(=O)c1cc(Oc2ccc(C(F)(F)F)cc2Cl)ccc1Cl)C(=O)O. The number of fused-ring (bicyclic) bond motifs is 1. The van der Waals surface area contributed by atoms with Crippen LogP contribution in [0, 0.1) is 0 Å². The van der Waals surface area contributed by atoms with Gasteiger partial charge in [-0.3, -0.25) is 4.79 Å². The molecule has 0 saturated heterocycles. The monoisotopic (exact) mass is 720 g/mol. The van der Waals surface area contributed by atoms with Crippen LogP contribution in [0.3, 0.4) is 0 Å². The third-order valence-corrected chi connectivity index (χ3v) is 7.96. The molecular weight excluding hydrogens is 696 g/mol. The molecule has 9 nitrogen and oxygen atoms in total. The molecule has 0 radical (unpaired) electrons. The minimum absolute atomic E-state index is 0.0226. The van der Waals surface area contributed by atoms with Crippen molar-refractivity contribution in [1.29, 1.82) is 0 Å². The van der Waals surface area contributed by atoms with Crippen molar-refractivity contribution in [3.63, 3.8) is 0 Å². The van der Waals surface area contributed by atoms with Crippen LogP contribution < -0.4 is 14.4 Å². The number of nitrogens with zero attached hydrogens (tertiary/aromatic N) is 2. The highest BCUT2D eigenvalue weighted by Crippen LogP contribution is 2.37. The van der Waals surface area contributed by atoms with Gasteiger partial charge in [0.1, 0.15) is 11.5 Å². The Morgan fingerprint density at radius 1 is 0.938 bits per heavy atom. The number of ether oxygens (including phenoxy) is 3. The number of aromatic nitrogens is 1. The summed E-state index contributed by atoms with van der Waals surface area (Å²) < 4.78 is 54.7. The van der Waals surface area contributed by atoms with E-state index in [1.165, 1.54) is 23.5 Å². The highest BCUT2D eigenvalue weighted by Gasteiger charge is 2.31. The summed E-state index contributed by atoms with van der Waals surface area (Å²) in [6.45, 7) is 1.14. The van der Waals surface area contributed by atoms with Gasteiger partial charge in [-0.1, -0.05) is 64.9 Å². The van der Waals surface area contributed by atoms with Crippen molar-refractivity contribution in [3.8, 4) is 16.7 Å². The van der Waals surface area contributed by atoms with Crippen molar-refractivity contribution < 1.29 is 46.9 Å². The molecule has 15 heteroatoms. The average molecular weight is 722 g/mol. The van der Waals surface area contributed by atoms with Crippen LogP contribution in [0.2, 0.25) is 10.0 Å². The van der Waals surface area contributed by atoms with Gasteiger partial charge in [-0.2, -0.15) is 13.2 Å². The number of hydrogen-bond donors (Lipinski definition) is 1. The van der Waals surface area contributed by atoms with E-state index in [4.69, 9.17) is 42.5 Å². The van der Waals surface area contributed by atoms with E-state index >= 15 is 0 Å². The van der Waals surface area contributed by atoms with Crippen LogP contribution >= 0.6 is 34.5 Å². The summed E-state index contributed by atoms with van der Waals surface area (Å²) in [7, 11) is 1.74. The van der Waals surface area contributed by atoms with Crippen LogP contribution in [0.4, 0.5) is 18.9 Å². The molecule has 0 bridgehead atoms. The normalized spacial score (nSPS) is 11.6. The van der Waals surface area contributed by atoms with Gasteiger partial charge in [-0.05, 0) is 67.6 Å². The molecule has 1 amide bonds. The van der Waals surface area contributed by atoms with Gasteiger partial charge in [0.25, 0.3) is 11.1 Å². The van der Waals surface area contributed by atoms with Crippen LogP contribution in [0.25, 0.3) is 10.2 Å². The molecule has 0 spiro atoms. The maximum atomic E-state index is 12.7. The van der Waals surface area contributed by atoms with E-state index in [9.17, 15) is 27.6 Å². The van der Waals surface area contributed by atoms with Crippen LogP contribution in [0.5, 0.6) is 16.7 Å². The molecule has 48 heavy (non-hydrogen) atoms. The second-order valence-electron chi connectivity index (χ2n) is 9.80. The molecule has 0 saturated carbocycles. The summed E-state index contributed by atoms with van der Waals surface area (Å²) in [6.07, 6.45) is -5.96. The van der Waals surface area contributed by atoms with Crippen LogP contribution in [0.15, 0.2) is 91.0 Å². The highest BCUT2D eigenvalue weighted by molar-refractivity contribution is 7.20. The summed E-state index contributed by atoms with van der Waals surface area (Å²) in [5.74, 6) is -2.50. The van der Waals surface area contributed by atoms with E-state index < -0.39 is 29.8 Å². The Bertz CT molecular complexity index is 1890. The summed E-state index contributed by atoms with van der Waals surface area (Å²) in [4.78, 5) is 40.8. The number of aliphatic carboxylic acids is 1. The van der Waals surface area contributed by atoms with Crippen molar-refractivity contribution in [2.24, 2.45) is 0 Å². The van der Waals surface area contributed by atoms with E-state index in [0.29, 0.717) is 11.3 Å². The minimum Gasteiger partial charge on any atom is -0.479 e. The number of para-hydroxylation sites is 2. The van der Waals surface area contributed by atoms with Gasteiger partial charge in [-0.15, -0.1) is 0 Å². The van der Waals surface area contributed by atoms with Gasteiger partial charge in [0.15, 0.2) is 12.7 Å². The number of carboxylic acids is 1. The molecule has 0 aliphatic rings. The van der Waals surface area contributed by atoms with Gasteiger partial charge in [0.05, 0.1) is 31.4 Å². The number of esters is 1. The maximum absolute atomic E-state index is 12.7. The number of likely N-dealkylation sites (N-methyl/N-ethyl adjacent to an activating group) is 1. The number of hydrogen-bond acceptors (Lipinski definition) is 8. The summed E-state index contributed by atoms with van der Waals surface area (Å²) in [5.41, 5.74) is 0.616. The molecule has 0 fully saturated rings. The molecular formula is C33H25Cl2F3N2O7S. The zero-order chi connectivity index (χ0) is 35.0. The first kappa shape index (κ1) is 36.0. The van der Waals surface area contributed by atoms with Crippen LogP contribution in [0.1, 0.15) is 22.8 Å². The van der Waals surface area contributed by atoms with E-state index in [1.807, 2.05) is 54.6 Å². The lowest BCUT2D eigenvalue weighted by molar-refractivity contribution is -0.146. The van der Waals surface area contributed by atoms with Crippen molar-refractivity contribution in [1.82, 2.24) is 4.98 Å². The number of thiazole rings is 1. The molecule has 250 valence electrons. The Balaban J connectivity index is 0.000000223. The number of anilines is 1. The Morgan fingerprint density at radius 2 is 1.62 bits per heavy atom. The number of carbonyl (C=O) groups is 3. The van der Waals surface area contributed by atoms with Crippen molar-refractivity contribution >= 4 is 68.3 Å². The quantitative estimate of drug-likeness (QED) is 0.150. The lowest BCUT2D eigenvalue weighted by Crippen LogP contribution is -2.31. The minimum atomic E-state index is -4.56. The number of carbonyl (C=O) groups excluding carboxylic acids is 2. The largest absolute Gasteiger partial charge is 0.479 e. The highest BCUT2D eigenvalue weighted by atomic mass is 35.5. The number of rotatable bonds is 9. The molecule has 0 unspecified atom stereocenters. The fraction of sp³-hybridized carbons (Fsp3) is 0.152. The second kappa shape index (κ2) is 15.8. The fourth-order valence-electron chi connectivity index (χ4n) is 3.81. The Hall–Kier alpha value is -4.85. The predicted molar refractivity (Wildman–Crippen MR) is 175 cm³/mol. The van der Waals surface area contributed by atoms with E-state index in [1.54, 1.807) is 11.9 Å². The zero-order valence-electron chi connectivity index (χ0n) is 25.0. The Kier molecular flexibility index (Phi) is 11.9. The second-order valence-corrected chi connectivity index (χ2v) is 11.6. The molecule has 5 aromatic rings. The van der Waals surface area contributed by atoms with Gasteiger partial charge >= 0.3 is 18.1 Å². The predicted octanol–water partition coefficient (Wildman–Crippen LogP) is 8.77. The van der Waals surface area contributed by atoms with E-state index in [2.05, 4.69) is 4.98 Å². The lowest BCUT2D eigenvalue weighted by atomic mass is 10.2. The number of amides is 1. The summed E-state index contributed by atoms with van der Waals surface area (Å²) in [6, 6.07) is 23.6. The molecule has 5 rings (SSSR count). The smallest absolute Gasteiger partial charge is 0.416 e. The number of halogens is 5. The number of alkyl halides is 3. The van der Waals surface area contributed by atoms with Crippen molar-refractivity contribution in [3.05, 3.63) is 112 Å².